The van der Waals surface area contributed by atoms with Crippen LogP contribution in [0.15, 0.2) is 108 Å². The molecule has 9 nitrogen and oxygen atoms in total. The van der Waals surface area contributed by atoms with E-state index in [-0.39, 0.29) is 23.7 Å². The quantitative estimate of drug-likeness (QED) is 0.0841. The number of ketones is 1. The largest absolute Gasteiger partial charge is 0.467 e. The van der Waals surface area contributed by atoms with Crippen LogP contribution in [0.4, 0.5) is 0 Å². The second-order valence-electron chi connectivity index (χ2n) is 13.9. The first-order valence-electron chi connectivity index (χ1n) is 18.3. The number of carbonyl (C=O) groups is 2. The van der Waals surface area contributed by atoms with Gasteiger partial charge < -0.3 is 28.3 Å². The van der Waals surface area contributed by atoms with Gasteiger partial charge in [-0.3, -0.25) is 9.59 Å². The maximum atomic E-state index is 14.6. The van der Waals surface area contributed by atoms with Crippen molar-refractivity contribution in [3.8, 4) is 0 Å². The van der Waals surface area contributed by atoms with Crippen LogP contribution < -0.4 is 0 Å². The van der Waals surface area contributed by atoms with Crippen LogP contribution in [-0.4, -0.2) is 70.9 Å². The normalized spacial score (nSPS) is 19.5. The van der Waals surface area contributed by atoms with Crippen molar-refractivity contribution in [2.24, 2.45) is 11.3 Å². The molecule has 2 unspecified atom stereocenters. The zero-order valence-electron chi connectivity index (χ0n) is 29.5. The molecule has 2 aromatic heterocycles. The lowest BCUT2D eigenvalue weighted by Gasteiger charge is -2.47. The Kier molecular flexibility index (Phi) is 11.1. The number of aromatic nitrogens is 2. The number of fused-ring (bicyclic) bond motifs is 1. The number of hydrogen-bond donors (Lipinski definition) is 0. The highest BCUT2D eigenvalue weighted by molar-refractivity contribution is 5.98. The topological polar surface area (TPSA) is 90.0 Å². The molecule has 2 fully saturated rings. The predicted molar refractivity (Wildman–Crippen MR) is 196 cm³/mol. The summed E-state index contributed by atoms with van der Waals surface area (Å²) < 4.78 is 19.5. The van der Waals surface area contributed by atoms with Crippen LogP contribution >= 0.6 is 0 Å². The number of furan rings is 1. The smallest absolute Gasteiger partial charge is 0.232 e. The number of piperidine rings is 2. The lowest BCUT2D eigenvalue weighted by molar-refractivity contribution is -0.160. The van der Waals surface area contributed by atoms with Crippen LogP contribution in [0.25, 0.3) is 11.0 Å². The van der Waals surface area contributed by atoms with Crippen molar-refractivity contribution in [3.05, 3.63) is 126 Å². The van der Waals surface area contributed by atoms with Gasteiger partial charge in [0.2, 0.25) is 11.7 Å². The highest BCUT2D eigenvalue weighted by atomic mass is 16.5. The number of para-hydroxylation sites is 2. The standard InChI is InChI=1S/C42H48N4O5/c1-49-39(34-14-6-3-7-15-34)42(21-11-23-45(41(42)48)30-32-12-4-2-5-13-32)22-26-44-24-19-33(20-25-44)38(47)40-43-36-17-8-9-18-37(36)46(40)27-29-50-31-35-16-10-28-51-35/h2-10,12-18,28,33,39H,11,19-27,29-31H2,1H3. The average molecular weight is 689 g/mol. The van der Waals surface area contributed by atoms with Gasteiger partial charge in [-0.05, 0) is 87.1 Å². The minimum atomic E-state index is -0.681. The molecule has 3 aromatic carbocycles. The lowest BCUT2D eigenvalue weighted by Crippen LogP contribution is -2.53. The Labute approximate surface area is 300 Å². The third-order valence-corrected chi connectivity index (χ3v) is 10.8. The average Bonchev–Trinajstić information content (AvgIpc) is 3.83. The maximum Gasteiger partial charge on any atom is 0.232 e. The molecule has 51 heavy (non-hydrogen) atoms. The van der Waals surface area contributed by atoms with Crippen LogP contribution in [-0.2, 0) is 34.0 Å². The SMILES string of the molecule is COC(c1ccccc1)C1(CCN2CCC(C(=O)c3nc4ccccc4n3CCOCc3ccco3)CC2)CCCN(Cc2ccccc2)C1=O. The van der Waals surface area contributed by atoms with Gasteiger partial charge in [-0.15, -0.1) is 0 Å². The molecule has 5 aromatic rings. The van der Waals surface area contributed by atoms with Gasteiger partial charge in [-0.25, -0.2) is 4.98 Å². The van der Waals surface area contributed by atoms with Gasteiger partial charge in [0.15, 0.2) is 5.82 Å². The molecule has 2 aliphatic rings. The van der Waals surface area contributed by atoms with Crippen molar-refractivity contribution < 1.29 is 23.5 Å². The fraction of sp³-hybridized carbons (Fsp3) is 0.405. The van der Waals surface area contributed by atoms with Crippen LogP contribution in [0.5, 0.6) is 0 Å². The second kappa shape index (κ2) is 16.2. The monoisotopic (exact) mass is 688 g/mol. The zero-order chi connectivity index (χ0) is 35.0. The molecule has 0 bridgehead atoms. The van der Waals surface area contributed by atoms with E-state index in [0.717, 1.165) is 79.8 Å². The number of rotatable bonds is 15. The summed E-state index contributed by atoms with van der Waals surface area (Å²) in [6.45, 7) is 5.05. The first-order chi connectivity index (χ1) is 25.1. The van der Waals surface area contributed by atoms with Gasteiger partial charge in [0.25, 0.3) is 0 Å². The van der Waals surface area contributed by atoms with Crippen molar-refractivity contribution in [3.63, 3.8) is 0 Å². The molecular weight excluding hydrogens is 640 g/mol. The maximum absolute atomic E-state index is 14.6. The van der Waals surface area contributed by atoms with E-state index in [1.165, 1.54) is 0 Å². The Balaban J connectivity index is 1.03. The van der Waals surface area contributed by atoms with E-state index >= 15 is 0 Å². The Bertz CT molecular complexity index is 1870. The summed E-state index contributed by atoms with van der Waals surface area (Å²) >= 11 is 0. The van der Waals surface area contributed by atoms with Gasteiger partial charge in [-0.2, -0.15) is 0 Å². The number of likely N-dealkylation sites (tertiary alicyclic amines) is 2. The fourth-order valence-electron chi connectivity index (χ4n) is 8.15. The van der Waals surface area contributed by atoms with E-state index in [1.54, 1.807) is 13.4 Å². The number of amides is 1. The van der Waals surface area contributed by atoms with Crippen LogP contribution in [0, 0.1) is 11.3 Å². The zero-order valence-corrected chi connectivity index (χ0v) is 29.5. The number of methoxy groups -OCH3 is 1. The Morgan fingerprint density at radius 3 is 2.41 bits per heavy atom. The summed E-state index contributed by atoms with van der Waals surface area (Å²) in [7, 11) is 1.73. The molecule has 7 rings (SSSR count). The van der Waals surface area contributed by atoms with E-state index < -0.39 is 5.41 Å². The molecule has 266 valence electrons. The molecule has 0 N–H and O–H groups in total. The highest BCUT2D eigenvalue weighted by Crippen LogP contribution is 2.48. The minimum absolute atomic E-state index is 0.0934. The number of benzene rings is 3. The van der Waals surface area contributed by atoms with Gasteiger partial charge in [-0.1, -0.05) is 72.8 Å². The van der Waals surface area contributed by atoms with Gasteiger partial charge >= 0.3 is 0 Å². The van der Waals surface area contributed by atoms with Crippen molar-refractivity contribution in [1.29, 1.82) is 0 Å². The molecule has 0 radical (unpaired) electrons. The number of hydrogen-bond acceptors (Lipinski definition) is 7. The van der Waals surface area contributed by atoms with E-state index in [4.69, 9.17) is 18.9 Å². The number of ether oxygens (including phenoxy) is 2. The molecule has 1 amide bonds. The Hall–Kier alpha value is -4.57. The molecule has 0 spiro atoms. The van der Waals surface area contributed by atoms with Gasteiger partial charge in [0, 0.05) is 32.7 Å². The number of carbonyl (C=O) groups excluding carboxylic acids is 2. The first-order valence-corrected chi connectivity index (χ1v) is 18.3. The Morgan fingerprint density at radius 1 is 0.922 bits per heavy atom. The van der Waals surface area contributed by atoms with Crippen LogP contribution in [0.2, 0.25) is 0 Å². The summed E-state index contributed by atoms with van der Waals surface area (Å²) in [5, 5.41) is 0. The molecule has 2 aliphatic heterocycles. The van der Waals surface area contributed by atoms with E-state index in [1.807, 2.05) is 82.3 Å². The summed E-state index contributed by atoms with van der Waals surface area (Å²) in [5.41, 5.74) is 3.25. The van der Waals surface area contributed by atoms with Gasteiger partial charge in [0.05, 0.1) is 35.4 Å². The minimum Gasteiger partial charge on any atom is -0.467 e. The molecule has 0 aliphatic carbocycles. The van der Waals surface area contributed by atoms with Crippen LogP contribution in [0.3, 0.4) is 0 Å². The second-order valence-corrected chi connectivity index (χ2v) is 13.9. The lowest BCUT2D eigenvalue weighted by atomic mass is 9.69. The summed E-state index contributed by atoms with van der Waals surface area (Å²) in [4.78, 5) is 38.0. The number of imidazole rings is 1. The van der Waals surface area contributed by atoms with Crippen molar-refractivity contribution in [1.82, 2.24) is 19.4 Å². The third kappa shape index (κ3) is 7.71. The summed E-state index contributed by atoms with van der Waals surface area (Å²) in [6.07, 6.45) is 5.20. The van der Waals surface area contributed by atoms with E-state index in [9.17, 15) is 9.59 Å². The molecule has 0 saturated carbocycles. The highest BCUT2D eigenvalue weighted by Gasteiger charge is 2.50. The van der Waals surface area contributed by atoms with Crippen LogP contribution in [0.1, 0.15) is 65.7 Å². The number of Topliss-reactive ketones (excluding diaryl/α,β-unsaturated/α-hetero) is 1. The predicted octanol–water partition coefficient (Wildman–Crippen LogP) is 7.33. The van der Waals surface area contributed by atoms with E-state index in [2.05, 4.69) is 29.2 Å². The molecule has 2 saturated heterocycles. The molecule has 4 heterocycles. The van der Waals surface area contributed by atoms with Crippen molar-refractivity contribution >= 4 is 22.7 Å². The van der Waals surface area contributed by atoms with Gasteiger partial charge in [0.1, 0.15) is 12.4 Å². The molecule has 9 heteroatoms. The first kappa shape index (κ1) is 34.9. The summed E-state index contributed by atoms with van der Waals surface area (Å²) in [5.74, 6) is 1.44. The van der Waals surface area contributed by atoms with Crippen molar-refractivity contribution in [2.75, 3.05) is 39.9 Å². The van der Waals surface area contributed by atoms with Crippen molar-refractivity contribution in [2.45, 2.75) is 57.9 Å². The fourth-order valence-corrected chi connectivity index (χ4v) is 8.15. The molecule has 2 atom stereocenters. The number of nitrogens with zero attached hydrogens (tertiary/aromatic N) is 4. The van der Waals surface area contributed by atoms with E-state index in [0.29, 0.717) is 38.5 Å². The molecular formula is C42H48N4O5. The Morgan fingerprint density at radius 2 is 1.67 bits per heavy atom. The summed E-state index contributed by atoms with van der Waals surface area (Å²) in [6, 6.07) is 32.1. The third-order valence-electron chi connectivity index (χ3n) is 10.8.